The second kappa shape index (κ2) is 13.0. The van der Waals surface area contributed by atoms with Crippen molar-refractivity contribution in [1.29, 1.82) is 0 Å². The first-order valence-corrected chi connectivity index (χ1v) is 20.2. The van der Waals surface area contributed by atoms with Crippen molar-refractivity contribution in [2.45, 2.75) is 145 Å². The van der Waals surface area contributed by atoms with E-state index in [4.69, 9.17) is 4.74 Å². The molecule has 50 heavy (non-hydrogen) atoms. The first kappa shape index (κ1) is 37.6. The van der Waals surface area contributed by atoms with Crippen LogP contribution in [0.1, 0.15) is 156 Å². The molecule has 1 N–H and O–H groups in total. The molecule has 1 aromatic rings. The lowest BCUT2D eigenvalue weighted by Crippen LogP contribution is -2.65. The zero-order chi connectivity index (χ0) is 36.5. The lowest BCUT2D eigenvalue weighted by Gasteiger charge is -2.72. The molecule has 6 rings (SSSR count). The Morgan fingerprint density at radius 2 is 1.58 bits per heavy atom. The van der Waals surface area contributed by atoms with Gasteiger partial charge in [0.15, 0.2) is 0 Å². The monoisotopic (exact) mass is 684 g/mol. The highest BCUT2D eigenvalue weighted by molar-refractivity contribution is 5.90. The zero-order valence-corrected chi connectivity index (χ0v) is 33.4. The molecular formula is C46H69NO3. The maximum Gasteiger partial charge on any atom is 0.338 e. The van der Waals surface area contributed by atoms with E-state index in [0.29, 0.717) is 57.7 Å². The first-order valence-electron chi connectivity index (χ1n) is 20.2. The Labute approximate surface area is 305 Å². The summed E-state index contributed by atoms with van der Waals surface area (Å²) >= 11 is 0. The molecule has 0 aromatic heterocycles. The predicted molar refractivity (Wildman–Crippen MR) is 207 cm³/mol. The molecule has 9 atom stereocenters. The molecule has 0 radical (unpaired) electrons. The summed E-state index contributed by atoms with van der Waals surface area (Å²) in [4.78, 5) is 24.3. The molecule has 0 aliphatic heterocycles. The smallest absolute Gasteiger partial charge is 0.338 e. The van der Waals surface area contributed by atoms with E-state index < -0.39 is 5.60 Å². The molecular weight excluding hydrogens is 615 g/mol. The van der Waals surface area contributed by atoms with Crippen LogP contribution in [0, 0.1) is 56.7 Å². The number of ether oxygens (including phenoxy) is 1. The van der Waals surface area contributed by atoms with Gasteiger partial charge in [-0.1, -0.05) is 65.0 Å². The minimum absolute atomic E-state index is 0.0474. The number of carbonyl (C=O) groups is 2. The molecule has 0 bridgehead atoms. The molecule has 4 fully saturated rings. The summed E-state index contributed by atoms with van der Waals surface area (Å²) in [7, 11) is 0. The summed E-state index contributed by atoms with van der Waals surface area (Å²) < 4.78 is 5.65. The van der Waals surface area contributed by atoms with E-state index in [9.17, 15) is 9.59 Å². The second-order valence-corrected chi connectivity index (χ2v) is 20.2. The van der Waals surface area contributed by atoms with E-state index >= 15 is 0 Å². The lowest BCUT2D eigenvalue weighted by atomic mass is 9.32. The van der Waals surface area contributed by atoms with Gasteiger partial charge in [-0.2, -0.15) is 0 Å². The predicted octanol–water partition coefficient (Wildman–Crippen LogP) is 11.3. The molecule has 0 spiro atoms. The van der Waals surface area contributed by atoms with E-state index in [0.717, 1.165) is 31.8 Å². The molecule has 0 saturated heterocycles. The zero-order valence-electron chi connectivity index (χ0n) is 33.4. The van der Waals surface area contributed by atoms with E-state index in [1.807, 2.05) is 32.9 Å². The number of rotatable bonds is 9. The van der Waals surface area contributed by atoms with Crippen LogP contribution in [0.3, 0.4) is 0 Å². The Morgan fingerprint density at radius 1 is 0.880 bits per heavy atom. The summed E-state index contributed by atoms with van der Waals surface area (Å²) in [6.45, 7) is 29.6. The molecule has 5 aliphatic rings. The van der Waals surface area contributed by atoms with Gasteiger partial charge >= 0.3 is 5.97 Å². The lowest BCUT2D eigenvalue weighted by molar-refractivity contribution is -0.225. The summed E-state index contributed by atoms with van der Waals surface area (Å²) in [6.07, 6.45) is 15.9. The molecule has 4 saturated carbocycles. The van der Waals surface area contributed by atoms with Gasteiger partial charge in [-0.25, -0.2) is 4.79 Å². The third-order valence-corrected chi connectivity index (χ3v) is 16.0. The van der Waals surface area contributed by atoms with Crippen molar-refractivity contribution >= 4 is 17.3 Å². The van der Waals surface area contributed by atoms with Crippen LogP contribution in [0.25, 0.3) is 5.57 Å². The number of Topliss-reactive ketones (excluding diaryl/α,β-unsaturated/α-hetero) is 1. The van der Waals surface area contributed by atoms with Crippen LogP contribution in [0.2, 0.25) is 0 Å². The molecule has 0 heterocycles. The normalized spacial score (nSPS) is 38.9. The first-order chi connectivity index (χ1) is 23.3. The number of allylic oxidation sites excluding steroid dienone is 3. The highest BCUT2D eigenvalue weighted by Gasteiger charge is 2.70. The quantitative estimate of drug-likeness (QED) is 0.160. The van der Waals surface area contributed by atoms with E-state index in [1.54, 1.807) is 6.92 Å². The number of esters is 1. The third-order valence-electron chi connectivity index (χ3n) is 16.0. The van der Waals surface area contributed by atoms with Gasteiger partial charge in [0.1, 0.15) is 11.4 Å². The maximum absolute atomic E-state index is 12.8. The highest BCUT2D eigenvalue weighted by Crippen LogP contribution is 2.77. The van der Waals surface area contributed by atoms with Gasteiger partial charge in [-0.15, -0.1) is 0 Å². The van der Waals surface area contributed by atoms with Crippen molar-refractivity contribution in [3.63, 3.8) is 0 Å². The molecule has 5 aliphatic carbocycles. The van der Waals surface area contributed by atoms with E-state index in [1.165, 1.54) is 68.1 Å². The number of hydrogen-bond acceptors (Lipinski definition) is 4. The third kappa shape index (κ3) is 6.10. The Morgan fingerprint density at radius 3 is 2.22 bits per heavy atom. The van der Waals surface area contributed by atoms with Crippen LogP contribution in [0.15, 0.2) is 42.5 Å². The van der Waals surface area contributed by atoms with Crippen LogP contribution < -0.4 is 5.32 Å². The van der Waals surface area contributed by atoms with Gasteiger partial charge in [0.2, 0.25) is 0 Å². The summed E-state index contributed by atoms with van der Waals surface area (Å²) in [5, 5.41) is 3.88. The summed E-state index contributed by atoms with van der Waals surface area (Å²) in [6, 6.07) is 8.22. The number of carbonyl (C=O) groups excluding carboxylic acids is 2. The minimum Gasteiger partial charge on any atom is -0.456 e. The van der Waals surface area contributed by atoms with Crippen molar-refractivity contribution < 1.29 is 14.3 Å². The topological polar surface area (TPSA) is 55.4 Å². The van der Waals surface area contributed by atoms with Gasteiger partial charge in [0.05, 0.1) is 5.56 Å². The largest absolute Gasteiger partial charge is 0.456 e. The average molecular weight is 684 g/mol. The molecule has 0 unspecified atom stereocenters. The fraction of sp³-hybridized carbons (Fsp3) is 0.739. The van der Waals surface area contributed by atoms with Crippen molar-refractivity contribution in [3.8, 4) is 0 Å². The van der Waals surface area contributed by atoms with Gasteiger partial charge in [0, 0.05) is 13.0 Å². The van der Waals surface area contributed by atoms with Crippen LogP contribution >= 0.6 is 0 Å². The van der Waals surface area contributed by atoms with Crippen molar-refractivity contribution in [2.75, 3.05) is 13.1 Å². The average Bonchev–Trinajstić information content (AvgIpc) is 3.40. The van der Waals surface area contributed by atoms with Gasteiger partial charge in [-0.05, 0) is 185 Å². The van der Waals surface area contributed by atoms with Crippen LogP contribution in [-0.4, -0.2) is 30.4 Å². The van der Waals surface area contributed by atoms with Gasteiger partial charge < -0.3 is 14.8 Å². The van der Waals surface area contributed by atoms with Crippen molar-refractivity contribution in [3.05, 3.63) is 53.6 Å². The number of hydrogen-bond donors (Lipinski definition) is 1. The highest BCUT2D eigenvalue weighted by atomic mass is 16.6. The SMILES string of the molecule is C=C(C)[C@@H]1CC[C@]2(CNCCCC(C)=O)CC[C@]3(C)[C@H](CC[C@@H]4[C@@]5(C)CC=C(c6ccc(C(=O)OC(C)(C)C)cc6)C(C)(C)[C@@H]5CC[C@]43C)[C@@H]12. The van der Waals surface area contributed by atoms with Crippen molar-refractivity contribution in [1.82, 2.24) is 5.32 Å². The number of benzene rings is 1. The number of ketones is 1. The summed E-state index contributed by atoms with van der Waals surface area (Å²) in [5.41, 5.74) is 5.55. The Kier molecular flexibility index (Phi) is 9.79. The standard InChI is InChI=1S/C46H69NO3/c1-30(2)34-20-25-46(29-47-28-12-13-31(3)48)27-26-44(10)36(39(34)46)18-19-38-43(9)23-21-35(42(7,8)37(43)22-24-45(38,44)11)32-14-16-33(17-15-32)40(49)50-41(4,5)6/h14-17,21,34,36-39,47H,1,12-13,18-20,22-29H2,2-11H3/t34-,36+,37-,38+,39+,43-,44+,45+,46+/m0/s1. The summed E-state index contributed by atoms with van der Waals surface area (Å²) in [5.74, 6) is 3.46. The van der Waals surface area contributed by atoms with E-state index in [2.05, 4.69) is 71.6 Å². The second-order valence-electron chi connectivity index (χ2n) is 20.2. The molecule has 4 nitrogen and oxygen atoms in total. The fourth-order valence-electron chi connectivity index (χ4n) is 13.6. The molecule has 4 heteroatoms. The van der Waals surface area contributed by atoms with Crippen LogP contribution in [-0.2, 0) is 9.53 Å². The maximum atomic E-state index is 12.8. The van der Waals surface area contributed by atoms with Gasteiger partial charge in [-0.3, -0.25) is 0 Å². The molecule has 0 amide bonds. The van der Waals surface area contributed by atoms with Gasteiger partial charge in [0.25, 0.3) is 0 Å². The number of fused-ring (bicyclic) bond motifs is 7. The fourth-order valence-corrected chi connectivity index (χ4v) is 13.6. The number of nitrogens with one attached hydrogen (secondary N) is 1. The Bertz CT molecular complexity index is 1510. The Hall–Kier alpha value is -2.20. The van der Waals surface area contributed by atoms with Crippen molar-refractivity contribution in [2.24, 2.45) is 56.7 Å². The Balaban J connectivity index is 1.26. The van der Waals surface area contributed by atoms with Crippen LogP contribution in [0.4, 0.5) is 0 Å². The molecule has 1 aromatic carbocycles. The van der Waals surface area contributed by atoms with E-state index in [-0.39, 0.29) is 16.8 Å². The van der Waals surface area contributed by atoms with Crippen LogP contribution in [0.5, 0.6) is 0 Å². The molecule has 276 valence electrons. The minimum atomic E-state index is -0.501.